The number of carbonyl (C=O) groups is 1. The number of carbonyl (C=O) groups excluding carboxylic acids is 1. The fourth-order valence-corrected chi connectivity index (χ4v) is 2.20. The normalized spacial score (nSPS) is 11.1. The molecule has 0 fully saturated rings. The third kappa shape index (κ3) is 4.59. The SMILES string of the molecule is Cc1cccc(C(=O)NCCCS(N)(=O)=O)c1[N+](=O)[O-]. The second kappa shape index (κ2) is 6.44. The minimum atomic E-state index is -3.57. The highest BCUT2D eigenvalue weighted by atomic mass is 32.2. The summed E-state index contributed by atoms with van der Waals surface area (Å²) >= 11 is 0. The van der Waals surface area contributed by atoms with Crippen molar-refractivity contribution in [3.63, 3.8) is 0 Å². The maximum atomic E-state index is 11.9. The lowest BCUT2D eigenvalue weighted by molar-refractivity contribution is -0.385. The van der Waals surface area contributed by atoms with Gasteiger partial charge in [0.2, 0.25) is 10.0 Å². The van der Waals surface area contributed by atoms with E-state index in [2.05, 4.69) is 5.32 Å². The van der Waals surface area contributed by atoms with Crippen LogP contribution in [-0.4, -0.2) is 31.5 Å². The second-order valence-corrected chi connectivity index (χ2v) is 5.94. The summed E-state index contributed by atoms with van der Waals surface area (Å²) in [7, 11) is -3.57. The van der Waals surface area contributed by atoms with Crippen LogP contribution in [-0.2, 0) is 10.0 Å². The zero-order valence-electron chi connectivity index (χ0n) is 10.8. The molecule has 9 heteroatoms. The topological polar surface area (TPSA) is 132 Å². The van der Waals surface area contributed by atoms with E-state index >= 15 is 0 Å². The summed E-state index contributed by atoms with van der Waals surface area (Å²) < 4.78 is 21.4. The number of nitrogens with one attached hydrogen (secondary N) is 1. The predicted molar refractivity (Wildman–Crippen MR) is 72.8 cm³/mol. The van der Waals surface area contributed by atoms with Crippen molar-refractivity contribution in [1.82, 2.24) is 5.32 Å². The summed E-state index contributed by atoms with van der Waals surface area (Å²) in [5.74, 6) is -0.877. The molecule has 1 amide bonds. The fourth-order valence-electron chi connectivity index (χ4n) is 1.66. The summed E-state index contributed by atoms with van der Waals surface area (Å²) in [6.45, 7) is 1.61. The summed E-state index contributed by atoms with van der Waals surface area (Å²) in [6, 6.07) is 4.43. The van der Waals surface area contributed by atoms with Crippen LogP contribution in [0.25, 0.3) is 0 Å². The van der Waals surface area contributed by atoms with Crippen LogP contribution in [0, 0.1) is 17.0 Å². The molecule has 0 aliphatic carbocycles. The molecule has 20 heavy (non-hydrogen) atoms. The minimum absolute atomic E-state index is 0.0504. The number of hydrogen-bond acceptors (Lipinski definition) is 5. The summed E-state index contributed by atoms with van der Waals surface area (Å²) in [5, 5.41) is 18.2. The van der Waals surface area contributed by atoms with Gasteiger partial charge >= 0.3 is 0 Å². The standard InChI is InChI=1S/C11H15N3O5S/c1-8-4-2-5-9(10(8)14(16)17)11(15)13-6-3-7-20(12,18)19/h2,4-5H,3,6-7H2,1H3,(H,13,15)(H2,12,18,19). The van der Waals surface area contributed by atoms with E-state index in [-0.39, 0.29) is 30.0 Å². The quantitative estimate of drug-likeness (QED) is 0.443. The second-order valence-electron chi connectivity index (χ2n) is 4.20. The molecule has 0 unspecified atom stereocenters. The molecule has 0 radical (unpaired) electrons. The molecule has 0 bridgehead atoms. The maximum Gasteiger partial charge on any atom is 0.285 e. The first kappa shape index (κ1) is 16.1. The molecule has 0 aromatic heterocycles. The van der Waals surface area contributed by atoms with Crippen LogP contribution < -0.4 is 10.5 Å². The molecular weight excluding hydrogens is 286 g/mol. The molecule has 1 rings (SSSR count). The molecule has 0 heterocycles. The minimum Gasteiger partial charge on any atom is -0.352 e. The van der Waals surface area contributed by atoms with Crippen molar-refractivity contribution in [3.8, 4) is 0 Å². The number of nitrogens with two attached hydrogens (primary N) is 1. The molecule has 0 aliphatic heterocycles. The first-order valence-corrected chi connectivity index (χ1v) is 7.46. The fraction of sp³-hybridized carbons (Fsp3) is 0.364. The number of nitrogens with zero attached hydrogens (tertiary/aromatic N) is 1. The predicted octanol–water partition coefficient (Wildman–Crippen LogP) is 0.312. The summed E-state index contributed by atoms with van der Waals surface area (Å²) in [4.78, 5) is 22.2. The van der Waals surface area contributed by atoms with Gasteiger partial charge in [0.05, 0.1) is 10.7 Å². The first-order chi connectivity index (χ1) is 9.22. The first-order valence-electron chi connectivity index (χ1n) is 5.75. The highest BCUT2D eigenvalue weighted by Crippen LogP contribution is 2.22. The lowest BCUT2D eigenvalue weighted by atomic mass is 10.1. The van der Waals surface area contributed by atoms with Crippen LogP contribution in [0.4, 0.5) is 5.69 Å². The lowest BCUT2D eigenvalue weighted by Crippen LogP contribution is -2.28. The Morgan fingerprint density at radius 3 is 2.65 bits per heavy atom. The van der Waals surface area contributed by atoms with Gasteiger partial charge in [0.25, 0.3) is 11.6 Å². The molecule has 0 spiro atoms. The Labute approximate surface area is 116 Å². The van der Waals surface area contributed by atoms with Gasteiger partial charge in [-0.15, -0.1) is 0 Å². The molecule has 0 aliphatic rings. The van der Waals surface area contributed by atoms with E-state index in [9.17, 15) is 23.3 Å². The molecule has 0 saturated carbocycles. The number of para-hydroxylation sites is 1. The molecule has 8 nitrogen and oxygen atoms in total. The molecule has 1 aromatic rings. The third-order valence-electron chi connectivity index (χ3n) is 2.56. The van der Waals surface area contributed by atoms with Crippen molar-refractivity contribution in [2.24, 2.45) is 5.14 Å². The number of benzene rings is 1. The van der Waals surface area contributed by atoms with Crippen LogP contribution in [0.5, 0.6) is 0 Å². The zero-order valence-corrected chi connectivity index (χ0v) is 11.6. The van der Waals surface area contributed by atoms with E-state index in [1.165, 1.54) is 19.1 Å². The number of hydrogen-bond donors (Lipinski definition) is 2. The number of nitro benzene ring substituents is 1. The van der Waals surface area contributed by atoms with Gasteiger partial charge in [0.1, 0.15) is 5.56 Å². The monoisotopic (exact) mass is 301 g/mol. The van der Waals surface area contributed by atoms with Crippen molar-refractivity contribution in [3.05, 3.63) is 39.4 Å². The van der Waals surface area contributed by atoms with E-state index in [1.54, 1.807) is 6.07 Å². The van der Waals surface area contributed by atoms with Crippen molar-refractivity contribution < 1.29 is 18.1 Å². The van der Waals surface area contributed by atoms with Crippen molar-refractivity contribution in [1.29, 1.82) is 0 Å². The number of amides is 1. The van der Waals surface area contributed by atoms with Crippen LogP contribution in [0.3, 0.4) is 0 Å². The van der Waals surface area contributed by atoms with Crippen LogP contribution in [0.2, 0.25) is 0 Å². The van der Waals surface area contributed by atoms with Gasteiger partial charge in [-0.25, -0.2) is 13.6 Å². The molecule has 3 N–H and O–H groups in total. The number of aryl methyl sites for hydroxylation is 1. The molecule has 110 valence electrons. The van der Waals surface area contributed by atoms with Crippen LogP contribution in [0.1, 0.15) is 22.3 Å². The Hall–Kier alpha value is -2.00. The molecular formula is C11H15N3O5S. The average Bonchev–Trinajstić information content (AvgIpc) is 2.32. The average molecular weight is 301 g/mol. The molecule has 1 aromatic carbocycles. The van der Waals surface area contributed by atoms with E-state index in [0.717, 1.165) is 0 Å². The van der Waals surface area contributed by atoms with E-state index in [4.69, 9.17) is 5.14 Å². The molecule has 0 atom stereocenters. The largest absolute Gasteiger partial charge is 0.352 e. The third-order valence-corrected chi connectivity index (χ3v) is 3.41. The Kier molecular flexibility index (Phi) is 5.17. The maximum absolute atomic E-state index is 11.9. The number of primary sulfonamides is 1. The van der Waals surface area contributed by atoms with Gasteiger partial charge in [0, 0.05) is 12.1 Å². The highest BCUT2D eigenvalue weighted by Gasteiger charge is 2.21. The number of rotatable bonds is 6. The number of sulfonamides is 1. The number of nitro groups is 1. The van der Waals surface area contributed by atoms with E-state index in [1.807, 2.05) is 0 Å². The van der Waals surface area contributed by atoms with Crippen molar-refractivity contribution >= 4 is 21.6 Å². The lowest BCUT2D eigenvalue weighted by Gasteiger charge is -2.06. The van der Waals surface area contributed by atoms with Crippen LogP contribution >= 0.6 is 0 Å². The van der Waals surface area contributed by atoms with Gasteiger partial charge < -0.3 is 5.32 Å². The zero-order chi connectivity index (χ0) is 15.3. The Morgan fingerprint density at radius 1 is 1.45 bits per heavy atom. The molecule has 0 saturated heterocycles. The van der Waals surface area contributed by atoms with Gasteiger partial charge in [-0.1, -0.05) is 12.1 Å². The Bertz CT molecular complexity index is 627. The van der Waals surface area contributed by atoms with Crippen LogP contribution in [0.15, 0.2) is 18.2 Å². The summed E-state index contributed by atoms with van der Waals surface area (Å²) in [5.41, 5.74) is 0.0780. The van der Waals surface area contributed by atoms with Gasteiger partial charge in [0.15, 0.2) is 0 Å². The van der Waals surface area contributed by atoms with Gasteiger partial charge in [-0.2, -0.15) is 0 Å². The van der Waals surface area contributed by atoms with Gasteiger partial charge in [-0.3, -0.25) is 14.9 Å². The summed E-state index contributed by atoms with van der Waals surface area (Å²) in [6.07, 6.45) is 0.143. The van der Waals surface area contributed by atoms with Crippen molar-refractivity contribution in [2.75, 3.05) is 12.3 Å². The highest BCUT2D eigenvalue weighted by molar-refractivity contribution is 7.89. The van der Waals surface area contributed by atoms with Crippen molar-refractivity contribution in [2.45, 2.75) is 13.3 Å². The smallest absolute Gasteiger partial charge is 0.285 e. The Morgan fingerprint density at radius 2 is 2.10 bits per heavy atom. The Balaban J connectivity index is 2.74. The van der Waals surface area contributed by atoms with Gasteiger partial charge in [-0.05, 0) is 19.4 Å². The van der Waals surface area contributed by atoms with E-state index < -0.39 is 20.9 Å². The van der Waals surface area contributed by atoms with E-state index in [0.29, 0.717) is 5.56 Å².